The maximum Gasteiger partial charge on any atom is 0.208 e. The van der Waals surface area contributed by atoms with Gasteiger partial charge < -0.3 is 9.50 Å². The van der Waals surface area contributed by atoms with Gasteiger partial charge >= 0.3 is 0 Å². The molecular weight excluding hydrogens is 471 g/mol. The van der Waals surface area contributed by atoms with Gasteiger partial charge in [0.1, 0.15) is 18.3 Å². The number of aromatic nitrogens is 2. The van der Waals surface area contributed by atoms with Crippen LogP contribution < -0.4 is 10.5 Å². The molecule has 0 spiro atoms. The summed E-state index contributed by atoms with van der Waals surface area (Å²) in [5.74, 6) is 0.214. The zero-order chi connectivity index (χ0) is 22.5. The minimum absolute atomic E-state index is 0.0610. The molecule has 168 valence electrons. The van der Waals surface area contributed by atoms with Gasteiger partial charge in [0, 0.05) is 22.5 Å². The second-order valence-electron chi connectivity index (χ2n) is 7.67. The summed E-state index contributed by atoms with van der Waals surface area (Å²) in [6.45, 7) is 0.389. The van der Waals surface area contributed by atoms with Crippen molar-refractivity contribution < 1.29 is 13.4 Å². The van der Waals surface area contributed by atoms with Gasteiger partial charge in [0.2, 0.25) is 5.78 Å². The lowest BCUT2D eigenvalue weighted by atomic mass is 10.1. The molecule has 6 nitrogen and oxygen atoms in total. The van der Waals surface area contributed by atoms with Gasteiger partial charge in [0.25, 0.3) is 0 Å². The molecule has 3 unspecified atom stereocenters. The Labute approximate surface area is 199 Å². The van der Waals surface area contributed by atoms with Gasteiger partial charge in [0.15, 0.2) is 0 Å². The lowest BCUT2D eigenvalue weighted by Crippen LogP contribution is -2.27. The topological polar surface area (TPSA) is 90.1 Å². The maximum absolute atomic E-state index is 14.6. The number of benzene rings is 1. The number of anilines is 1. The van der Waals surface area contributed by atoms with E-state index in [0.29, 0.717) is 47.2 Å². The van der Waals surface area contributed by atoms with Crippen molar-refractivity contribution in [3.63, 3.8) is 0 Å². The van der Waals surface area contributed by atoms with Crippen LogP contribution in [0.3, 0.4) is 0 Å². The second-order valence-corrected chi connectivity index (χ2v) is 9.70. The first-order chi connectivity index (χ1) is 15.5. The van der Waals surface area contributed by atoms with E-state index in [4.69, 9.17) is 20.9 Å². The van der Waals surface area contributed by atoms with E-state index in [1.54, 1.807) is 6.07 Å². The minimum atomic E-state index is -1.06. The Bertz CT molecular complexity index is 1080. The number of nitrogens with zero attached hydrogens (tertiary/aromatic N) is 2. The number of hydrogen-bond acceptors (Lipinski definition) is 8. The molecule has 10 heteroatoms. The molecule has 3 atom stereocenters. The smallest absolute Gasteiger partial charge is 0.208 e. The van der Waals surface area contributed by atoms with Gasteiger partial charge in [-0.3, -0.25) is 9.93 Å². The number of alkyl halides is 1. The molecule has 1 fully saturated rings. The summed E-state index contributed by atoms with van der Waals surface area (Å²) in [6, 6.07) is 10.9. The quantitative estimate of drug-likeness (QED) is 0.244. The summed E-state index contributed by atoms with van der Waals surface area (Å²) in [6.07, 6.45) is 3.40. The summed E-state index contributed by atoms with van der Waals surface area (Å²) in [4.78, 5) is 23.0. The highest BCUT2D eigenvalue weighted by Crippen LogP contribution is 2.32. The summed E-state index contributed by atoms with van der Waals surface area (Å²) in [7, 11) is 0. The molecule has 1 saturated carbocycles. The SMILES string of the molecule is NSOCC1CC(F)C(Nc2ncncc2C(=O)c2ccc(Cc3cccc(Cl)c3)s2)C1. The highest BCUT2D eigenvalue weighted by molar-refractivity contribution is 7.92. The lowest BCUT2D eigenvalue weighted by Gasteiger charge is -2.17. The molecular formula is C22H22ClFN4O2S2. The zero-order valence-corrected chi connectivity index (χ0v) is 19.4. The molecule has 0 radical (unpaired) electrons. The van der Waals surface area contributed by atoms with Crippen LogP contribution in [0.1, 0.15) is 38.5 Å². The Morgan fingerprint density at radius 2 is 2.22 bits per heavy atom. The first-order valence-corrected chi connectivity index (χ1v) is 12.1. The van der Waals surface area contributed by atoms with Crippen molar-refractivity contribution in [1.82, 2.24) is 9.97 Å². The molecule has 1 aliphatic carbocycles. The fourth-order valence-corrected chi connectivity index (χ4v) is 5.35. The Hall–Kier alpha value is -2.04. The molecule has 2 heterocycles. The molecule has 0 amide bonds. The number of hydrogen-bond donors (Lipinski definition) is 2. The average molecular weight is 493 g/mol. The van der Waals surface area contributed by atoms with Crippen molar-refractivity contribution in [2.24, 2.45) is 11.1 Å². The van der Waals surface area contributed by atoms with Crippen molar-refractivity contribution in [2.45, 2.75) is 31.5 Å². The number of carbonyl (C=O) groups is 1. The Morgan fingerprint density at radius 3 is 3.03 bits per heavy atom. The number of rotatable bonds is 9. The van der Waals surface area contributed by atoms with Crippen LogP contribution in [0.4, 0.5) is 10.2 Å². The largest absolute Gasteiger partial charge is 0.364 e. The molecule has 0 aliphatic heterocycles. The van der Waals surface area contributed by atoms with E-state index < -0.39 is 12.2 Å². The Kier molecular flexibility index (Phi) is 7.75. The van der Waals surface area contributed by atoms with E-state index in [-0.39, 0.29) is 11.7 Å². The van der Waals surface area contributed by atoms with Crippen molar-refractivity contribution in [2.75, 3.05) is 11.9 Å². The number of carbonyl (C=O) groups excluding carboxylic acids is 1. The van der Waals surface area contributed by atoms with Crippen LogP contribution in [0.15, 0.2) is 48.9 Å². The lowest BCUT2D eigenvalue weighted by molar-refractivity contribution is 0.104. The Balaban J connectivity index is 1.47. The van der Waals surface area contributed by atoms with Crippen LogP contribution in [0, 0.1) is 5.92 Å². The van der Waals surface area contributed by atoms with E-state index in [1.807, 2.05) is 30.3 Å². The van der Waals surface area contributed by atoms with E-state index in [9.17, 15) is 9.18 Å². The molecule has 32 heavy (non-hydrogen) atoms. The van der Waals surface area contributed by atoms with Gasteiger partial charge in [0.05, 0.1) is 35.3 Å². The number of thiophene rings is 1. The zero-order valence-electron chi connectivity index (χ0n) is 17.0. The Morgan fingerprint density at radius 1 is 1.34 bits per heavy atom. The second kappa shape index (κ2) is 10.7. The molecule has 1 aliphatic rings. The predicted molar refractivity (Wildman–Crippen MR) is 127 cm³/mol. The van der Waals surface area contributed by atoms with Crippen LogP contribution in [-0.4, -0.2) is 34.6 Å². The summed E-state index contributed by atoms with van der Waals surface area (Å²) in [5, 5.41) is 9.09. The number of ketones is 1. The standard InChI is InChI=1S/C22H22ClFN4O2S2/c23-15-3-1-2-13(6-15)7-16-4-5-20(31-16)21(29)17-10-26-12-27-22(17)28-19-9-14(8-18(19)24)11-30-32-25/h1-6,10,12,14,18-19H,7-9,11,25H2,(H,26,27,28). The van der Waals surface area contributed by atoms with Gasteiger partial charge in [-0.15, -0.1) is 11.3 Å². The number of nitrogens with one attached hydrogen (secondary N) is 1. The molecule has 0 bridgehead atoms. The third-order valence-corrected chi connectivity index (χ3v) is 6.98. The van der Waals surface area contributed by atoms with Crippen LogP contribution >= 0.6 is 35.2 Å². The van der Waals surface area contributed by atoms with Gasteiger partial charge in [-0.2, -0.15) is 0 Å². The predicted octanol–water partition coefficient (Wildman–Crippen LogP) is 5.08. The molecule has 3 aromatic rings. The molecule has 3 N–H and O–H groups in total. The first-order valence-electron chi connectivity index (χ1n) is 10.1. The van der Waals surface area contributed by atoms with Crippen LogP contribution in [-0.2, 0) is 10.6 Å². The molecule has 2 aromatic heterocycles. The fourth-order valence-electron chi connectivity index (χ4n) is 3.87. The summed E-state index contributed by atoms with van der Waals surface area (Å²) in [5.41, 5.74) is 1.40. The van der Waals surface area contributed by atoms with Crippen molar-refractivity contribution in [3.8, 4) is 0 Å². The summed E-state index contributed by atoms with van der Waals surface area (Å²) >= 11 is 8.27. The van der Waals surface area contributed by atoms with Crippen molar-refractivity contribution in [3.05, 3.63) is 74.8 Å². The highest BCUT2D eigenvalue weighted by atomic mass is 35.5. The minimum Gasteiger partial charge on any atom is -0.364 e. The van der Waals surface area contributed by atoms with E-state index in [0.717, 1.165) is 22.7 Å². The van der Waals surface area contributed by atoms with E-state index in [2.05, 4.69) is 15.3 Å². The van der Waals surface area contributed by atoms with E-state index in [1.165, 1.54) is 23.9 Å². The average Bonchev–Trinajstić information content (AvgIpc) is 3.39. The van der Waals surface area contributed by atoms with Crippen LogP contribution in [0.5, 0.6) is 0 Å². The van der Waals surface area contributed by atoms with E-state index >= 15 is 0 Å². The first kappa shape index (κ1) is 23.1. The third kappa shape index (κ3) is 5.65. The maximum atomic E-state index is 14.6. The number of nitrogens with two attached hydrogens (primary N) is 1. The normalized spacial score (nSPS) is 20.4. The molecule has 4 rings (SSSR count). The van der Waals surface area contributed by atoms with Crippen LogP contribution in [0.25, 0.3) is 0 Å². The van der Waals surface area contributed by atoms with Crippen molar-refractivity contribution in [1.29, 1.82) is 0 Å². The molecule has 1 aromatic carbocycles. The van der Waals surface area contributed by atoms with Crippen molar-refractivity contribution >= 4 is 46.8 Å². The van der Waals surface area contributed by atoms with Gasteiger partial charge in [-0.25, -0.2) is 14.4 Å². The summed E-state index contributed by atoms with van der Waals surface area (Å²) < 4.78 is 19.7. The van der Waals surface area contributed by atoms with Crippen LogP contribution in [0.2, 0.25) is 5.02 Å². The third-order valence-electron chi connectivity index (χ3n) is 5.39. The number of halogens is 2. The van der Waals surface area contributed by atoms with Gasteiger partial charge in [-0.05, 0) is 48.6 Å². The monoisotopic (exact) mass is 492 g/mol. The highest BCUT2D eigenvalue weighted by Gasteiger charge is 2.35. The molecule has 0 saturated heterocycles. The fraction of sp³-hybridized carbons (Fsp3) is 0.318. The van der Waals surface area contributed by atoms with Gasteiger partial charge in [-0.1, -0.05) is 23.7 Å².